The Hall–Kier alpha value is -1.37. The van der Waals surface area contributed by atoms with Crippen LogP contribution < -0.4 is 0 Å². The molecule has 0 aromatic heterocycles. The van der Waals surface area contributed by atoms with Gasteiger partial charge in [0.2, 0.25) is 0 Å². The van der Waals surface area contributed by atoms with Crippen LogP contribution in [0.3, 0.4) is 0 Å². The minimum atomic E-state index is -4.93. The highest BCUT2D eigenvalue weighted by Crippen LogP contribution is 2.35. The van der Waals surface area contributed by atoms with Crippen molar-refractivity contribution in [2.45, 2.75) is 45.8 Å². The summed E-state index contributed by atoms with van der Waals surface area (Å²) in [6.45, 7) is 6.25. The summed E-state index contributed by atoms with van der Waals surface area (Å²) in [4.78, 5) is 14.0. The average Bonchev–Trinajstić information content (AvgIpc) is 2.41. The molecule has 0 heterocycles. The van der Waals surface area contributed by atoms with E-state index in [9.17, 15) is 22.4 Å². The molecule has 0 aromatic rings. The molecule has 0 radical (unpaired) electrons. The van der Waals surface area contributed by atoms with E-state index in [0.29, 0.717) is 12.5 Å². The first kappa shape index (κ1) is 22.6. The van der Waals surface area contributed by atoms with E-state index in [1.807, 2.05) is 20.8 Å². The molecule has 24 heavy (non-hydrogen) atoms. The SMILES string of the molecule is CC(C)CC(C)N(C)/C=C(CCN(C)C)\C(=C(\F)C=O)C(F)(F)F. The lowest BCUT2D eigenvalue weighted by Crippen LogP contribution is -2.28. The summed E-state index contributed by atoms with van der Waals surface area (Å²) in [5.41, 5.74) is -1.71. The Morgan fingerprint density at radius 1 is 1.12 bits per heavy atom. The molecule has 0 N–H and O–H groups in total. The van der Waals surface area contributed by atoms with Gasteiger partial charge in [-0.2, -0.15) is 13.2 Å². The fourth-order valence-electron chi connectivity index (χ4n) is 2.35. The molecule has 1 atom stereocenters. The third-order valence-corrected chi connectivity index (χ3v) is 3.64. The molecule has 0 aliphatic carbocycles. The first-order valence-corrected chi connectivity index (χ1v) is 7.90. The second kappa shape index (κ2) is 9.81. The maximum Gasteiger partial charge on any atom is 0.419 e. The molecule has 0 aromatic carbocycles. The van der Waals surface area contributed by atoms with E-state index in [1.54, 1.807) is 30.9 Å². The number of allylic oxidation sites excluding steroid dienone is 2. The molecular formula is C17H28F4N2O. The van der Waals surface area contributed by atoms with Gasteiger partial charge in [0.15, 0.2) is 12.1 Å². The molecule has 7 heteroatoms. The molecule has 0 aliphatic rings. The van der Waals surface area contributed by atoms with Crippen LogP contribution in [-0.4, -0.2) is 56.0 Å². The molecule has 0 bridgehead atoms. The van der Waals surface area contributed by atoms with Crippen molar-refractivity contribution in [3.8, 4) is 0 Å². The number of carbonyl (C=O) groups is 1. The summed E-state index contributed by atoms with van der Waals surface area (Å²) in [6.07, 6.45) is -3.23. The second-order valence-electron chi connectivity index (χ2n) is 6.69. The molecule has 1 unspecified atom stereocenters. The number of alkyl halides is 3. The minimum absolute atomic E-state index is 0.00636. The third-order valence-electron chi connectivity index (χ3n) is 3.64. The van der Waals surface area contributed by atoms with Crippen LogP contribution in [0.2, 0.25) is 0 Å². The Bertz CT molecular complexity index is 468. The molecule has 0 spiro atoms. The van der Waals surface area contributed by atoms with E-state index in [-0.39, 0.29) is 24.3 Å². The molecule has 0 saturated carbocycles. The Balaban J connectivity index is 5.80. The van der Waals surface area contributed by atoms with Crippen LogP contribution in [0.1, 0.15) is 33.6 Å². The molecule has 0 saturated heterocycles. The van der Waals surface area contributed by atoms with Gasteiger partial charge in [-0.15, -0.1) is 0 Å². The summed E-state index contributed by atoms with van der Waals surface area (Å²) >= 11 is 0. The van der Waals surface area contributed by atoms with Crippen LogP contribution in [-0.2, 0) is 4.79 Å². The molecular weight excluding hydrogens is 324 g/mol. The average molecular weight is 352 g/mol. The maximum atomic E-state index is 13.6. The van der Waals surface area contributed by atoms with Gasteiger partial charge in [0, 0.05) is 25.8 Å². The Morgan fingerprint density at radius 3 is 2.04 bits per heavy atom. The van der Waals surface area contributed by atoms with Gasteiger partial charge >= 0.3 is 6.18 Å². The fraction of sp³-hybridized carbons (Fsp3) is 0.706. The first-order valence-electron chi connectivity index (χ1n) is 7.90. The number of carbonyl (C=O) groups excluding carboxylic acids is 1. The van der Waals surface area contributed by atoms with Crippen LogP contribution in [0.5, 0.6) is 0 Å². The number of rotatable bonds is 9. The molecule has 0 amide bonds. The number of nitrogens with zero attached hydrogens (tertiary/aromatic N) is 2. The highest BCUT2D eigenvalue weighted by atomic mass is 19.4. The van der Waals surface area contributed by atoms with Gasteiger partial charge in [-0.1, -0.05) is 13.8 Å². The van der Waals surface area contributed by atoms with Crippen molar-refractivity contribution in [2.24, 2.45) is 5.92 Å². The zero-order chi connectivity index (χ0) is 19.1. The van der Waals surface area contributed by atoms with Crippen molar-refractivity contribution < 1.29 is 22.4 Å². The summed E-state index contributed by atoms with van der Waals surface area (Å²) in [6, 6.07) is -0.00636. The van der Waals surface area contributed by atoms with Crippen LogP contribution in [0.15, 0.2) is 23.2 Å². The van der Waals surface area contributed by atoms with Crippen molar-refractivity contribution in [1.82, 2.24) is 9.80 Å². The van der Waals surface area contributed by atoms with Gasteiger partial charge < -0.3 is 9.80 Å². The van der Waals surface area contributed by atoms with Gasteiger partial charge in [0.1, 0.15) is 0 Å². The smallest absolute Gasteiger partial charge is 0.377 e. The van der Waals surface area contributed by atoms with Gasteiger partial charge in [0.05, 0.1) is 5.57 Å². The Labute approximate surface area is 142 Å². The van der Waals surface area contributed by atoms with Crippen molar-refractivity contribution in [3.05, 3.63) is 23.2 Å². The molecule has 0 fully saturated rings. The van der Waals surface area contributed by atoms with Crippen molar-refractivity contribution >= 4 is 6.29 Å². The summed E-state index contributed by atoms with van der Waals surface area (Å²) in [7, 11) is 5.10. The van der Waals surface area contributed by atoms with Gasteiger partial charge in [0.25, 0.3) is 0 Å². The predicted octanol–water partition coefficient (Wildman–Crippen LogP) is 4.17. The van der Waals surface area contributed by atoms with E-state index >= 15 is 0 Å². The van der Waals surface area contributed by atoms with Gasteiger partial charge in [-0.25, -0.2) is 4.39 Å². The number of hydrogen-bond donors (Lipinski definition) is 0. The van der Waals surface area contributed by atoms with E-state index in [0.717, 1.165) is 6.42 Å². The van der Waals surface area contributed by atoms with E-state index in [1.165, 1.54) is 6.20 Å². The summed E-state index contributed by atoms with van der Waals surface area (Å²) in [5.74, 6) is -1.40. The van der Waals surface area contributed by atoms with Crippen molar-refractivity contribution in [3.63, 3.8) is 0 Å². The van der Waals surface area contributed by atoms with Gasteiger partial charge in [-0.05, 0) is 45.4 Å². The standard InChI is InChI=1S/C17H28F4N2O/c1-12(2)9-13(3)23(6)10-14(7-8-22(4)5)16(15(18)11-24)17(19,20)21/h10-13H,7-9H2,1-6H3/b14-10-,16-15-. The zero-order valence-corrected chi connectivity index (χ0v) is 15.2. The van der Waals surface area contributed by atoms with Crippen LogP contribution in [0.4, 0.5) is 17.6 Å². The molecule has 0 aliphatic heterocycles. The largest absolute Gasteiger partial charge is 0.419 e. The van der Waals surface area contributed by atoms with E-state index < -0.39 is 17.6 Å². The lowest BCUT2D eigenvalue weighted by molar-refractivity contribution is -0.109. The maximum absolute atomic E-state index is 13.6. The Kier molecular flexibility index (Phi) is 9.25. The van der Waals surface area contributed by atoms with Crippen molar-refractivity contribution in [2.75, 3.05) is 27.7 Å². The van der Waals surface area contributed by atoms with Crippen LogP contribution >= 0.6 is 0 Å². The molecule has 3 nitrogen and oxygen atoms in total. The van der Waals surface area contributed by atoms with Gasteiger partial charge in [-0.3, -0.25) is 4.79 Å². The normalized spacial score (nSPS) is 15.6. The highest BCUT2D eigenvalue weighted by molar-refractivity contribution is 5.73. The lowest BCUT2D eigenvalue weighted by Gasteiger charge is -2.27. The number of hydrogen-bond acceptors (Lipinski definition) is 3. The fourth-order valence-corrected chi connectivity index (χ4v) is 2.35. The summed E-state index contributed by atoms with van der Waals surface area (Å²) in [5, 5.41) is 0. The van der Waals surface area contributed by atoms with E-state index in [2.05, 4.69) is 0 Å². The van der Waals surface area contributed by atoms with E-state index in [4.69, 9.17) is 0 Å². The number of halogens is 4. The summed E-state index contributed by atoms with van der Waals surface area (Å²) < 4.78 is 53.4. The number of aldehydes is 1. The topological polar surface area (TPSA) is 23.6 Å². The monoisotopic (exact) mass is 352 g/mol. The minimum Gasteiger partial charge on any atom is -0.377 e. The molecule has 0 rings (SSSR count). The van der Waals surface area contributed by atoms with Crippen molar-refractivity contribution in [1.29, 1.82) is 0 Å². The van der Waals surface area contributed by atoms with Crippen LogP contribution in [0.25, 0.3) is 0 Å². The highest BCUT2D eigenvalue weighted by Gasteiger charge is 2.39. The molecule has 140 valence electrons. The van der Waals surface area contributed by atoms with Crippen LogP contribution in [0, 0.1) is 5.92 Å². The lowest BCUT2D eigenvalue weighted by atomic mass is 10.0. The predicted molar refractivity (Wildman–Crippen MR) is 88.2 cm³/mol. The Morgan fingerprint density at radius 2 is 1.67 bits per heavy atom. The third kappa shape index (κ3) is 7.95. The first-order chi connectivity index (χ1) is 10.9. The second-order valence-corrected chi connectivity index (χ2v) is 6.69. The zero-order valence-electron chi connectivity index (χ0n) is 15.2. The quantitative estimate of drug-likeness (QED) is 0.269.